The van der Waals surface area contributed by atoms with E-state index in [1.807, 2.05) is 6.07 Å². The molecule has 25 heavy (non-hydrogen) atoms. The van der Waals surface area contributed by atoms with Crippen molar-refractivity contribution in [3.8, 4) is 0 Å². The van der Waals surface area contributed by atoms with E-state index >= 15 is 0 Å². The molecule has 0 atom stereocenters. The normalized spacial score (nSPS) is 19.9. The second-order valence-corrected chi connectivity index (χ2v) is 7.87. The summed E-state index contributed by atoms with van der Waals surface area (Å²) in [7, 11) is 0. The van der Waals surface area contributed by atoms with Gasteiger partial charge in [0.1, 0.15) is 0 Å². The molecule has 1 aliphatic carbocycles. The number of benzene rings is 1. The molecule has 0 spiro atoms. The van der Waals surface area contributed by atoms with Gasteiger partial charge in [-0.3, -0.25) is 4.79 Å². The van der Waals surface area contributed by atoms with E-state index in [4.69, 9.17) is 4.74 Å². The van der Waals surface area contributed by atoms with E-state index in [1.165, 1.54) is 37.7 Å². The lowest BCUT2D eigenvalue weighted by Crippen LogP contribution is -2.39. The first-order chi connectivity index (χ1) is 12.3. The quantitative estimate of drug-likeness (QED) is 0.711. The molecule has 3 rings (SSSR count). The average Bonchev–Trinajstić information content (AvgIpc) is 2.68. The summed E-state index contributed by atoms with van der Waals surface area (Å²) < 4.78 is 5.88. The SMILES string of the molecule is O=C(CCC1CCCCC1)N1CCC(COCc2ccccc2)CC1. The summed E-state index contributed by atoms with van der Waals surface area (Å²) in [6.45, 7) is 3.35. The first-order valence-electron chi connectivity index (χ1n) is 10.2. The van der Waals surface area contributed by atoms with Crippen LogP contribution in [0.3, 0.4) is 0 Å². The molecule has 1 aromatic rings. The number of hydrogen-bond acceptors (Lipinski definition) is 2. The topological polar surface area (TPSA) is 29.5 Å². The number of carbonyl (C=O) groups is 1. The van der Waals surface area contributed by atoms with E-state index in [2.05, 4.69) is 29.2 Å². The van der Waals surface area contributed by atoms with Gasteiger partial charge in [0.05, 0.1) is 6.61 Å². The third-order valence-corrected chi connectivity index (χ3v) is 5.92. The molecule has 138 valence electrons. The molecule has 2 fully saturated rings. The Bertz CT molecular complexity index is 502. The van der Waals surface area contributed by atoms with Crippen molar-refractivity contribution in [2.24, 2.45) is 11.8 Å². The number of hydrogen-bond donors (Lipinski definition) is 0. The Hall–Kier alpha value is -1.35. The zero-order valence-electron chi connectivity index (χ0n) is 15.5. The predicted molar refractivity (Wildman–Crippen MR) is 101 cm³/mol. The smallest absolute Gasteiger partial charge is 0.222 e. The number of nitrogens with zero attached hydrogens (tertiary/aromatic N) is 1. The lowest BCUT2D eigenvalue weighted by atomic mass is 9.86. The summed E-state index contributed by atoms with van der Waals surface area (Å²) in [5, 5.41) is 0. The van der Waals surface area contributed by atoms with Gasteiger partial charge in [0.15, 0.2) is 0 Å². The van der Waals surface area contributed by atoms with Gasteiger partial charge in [-0.15, -0.1) is 0 Å². The van der Waals surface area contributed by atoms with Gasteiger partial charge in [0.2, 0.25) is 5.91 Å². The number of carbonyl (C=O) groups excluding carboxylic acids is 1. The van der Waals surface area contributed by atoms with Crippen LogP contribution in [-0.4, -0.2) is 30.5 Å². The molecular formula is C22H33NO2. The lowest BCUT2D eigenvalue weighted by molar-refractivity contribution is -0.133. The molecule has 1 aliphatic heterocycles. The molecule has 0 N–H and O–H groups in total. The Morgan fingerprint density at radius 1 is 0.960 bits per heavy atom. The zero-order chi connectivity index (χ0) is 17.3. The van der Waals surface area contributed by atoms with Crippen molar-refractivity contribution in [3.63, 3.8) is 0 Å². The van der Waals surface area contributed by atoms with Crippen LogP contribution in [0.15, 0.2) is 30.3 Å². The number of piperidine rings is 1. The number of rotatable bonds is 7. The van der Waals surface area contributed by atoms with Gasteiger partial charge >= 0.3 is 0 Å². The number of ether oxygens (including phenoxy) is 1. The summed E-state index contributed by atoms with van der Waals surface area (Å²) in [6, 6.07) is 10.3. The van der Waals surface area contributed by atoms with Gasteiger partial charge in [-0.05, 0) is 36.7 Å². The molecule has 1 saturated carbocycles. The summed E-state index contributed by atoms with van der Waals surface area (Å²) in [6.07, 6.45) is 10.9. The molecule has 1 aromatic carbocycles. The minimum absolute atomic E-state index is 0.384. The van der Waals surface area contributed by atoms with Crippen molar-refractivity contribution in [3.05, 3.63) is 35.9 Å². The van der Waals surface area contributed by atoms with Crippen molar-refractivity contribution in [2.75, 3.05) is 19.7 Å². The molecule has 3 heteroatoms. The molecule has 0 bridgehead atoms. The van der Waals surface area contributed by atoms with Gasteiger partial charge in [0, 0.05) is 26.1 Å². The van der Waals surface area contributed by atoms with Crippen molar-refractivity contribution in [2.45, 2.75) is 64.4 Å². The Morgan fingerprint density at radius 3 is 2.40 bits per heavy atom. The van der Waals surface area contributed by atoms with Crippen molar-refractivity contribution in [1.29, 1.82) is 0 Å². The van der Waals surface area contributed by atoms with Crippen LogP contribution in [0.1, 0.15) is 63.4 Å². The van der Waals surface area contributed by atoms with Gasteiger partial charge in [-0.2, -0.15) is 0 Å². The number of likely N-dealkylation sites (tertiary alicyclic amines) is 1. The Morgan fingerprint density at radius 2 is 1.68 bits per heavy atom. The van der Waals surface area contributed by atoms with Crippen LogP contribution < -0.4 is 0 Å². The average molecular weight is 344 g/mol. The summed E-state index contributed by atoms with van der Waals surface area (Å²) >= 11 is 0. The maximum Gasteiger partial charge on any atom is 0.222 e. The molecule has 1 heterocycles. The fourth-order valence-electron chi connectivity index (χ4n) is 4.23. The Balaban J connectivity index is 1.29. The monoisotopic (exact) mass is 343 g/mol. The van der Waals surface area contributed by atoms with Gasteiger partial charge < -0.3 is 9.64 Å². The highest BCUT2D eigenvalue weighted by Gasteiger charge is 2.23. The minimum atomic E-state index is 0.384. The molecule has 1 amide bonds. The van der Waals surface area contributed by atoms with Crippen molar-refractivity contribution in [1.82, 2.24) is 4.90 Å². The van der Waals surface area contributed by atoms with Crippen LogP contribution in [0.4, 0.5) is 0 Å². The van der Waals surface area contributed by atoms with Crippen LogP contribution in [0.25, 0.3) is 0 Å². The first kappa shape index (κ1) is 18.4. The fourth-order valence-corrected chi connectivity index (χ4v) is 4.23. The minimum Gasteiger partial charge on any atom is -0.376 e. The fraction of sp³-hybridized carbons (Fsp3) is 0.682. The molecule has 0 radical (unpaired) electrons. The van der Waals surface area contributed by atoms with E-state index < -0.39 is 0 Å². The second kappa shape index (κ2) is 9.96. The summed E-state index contributed by atoms with van der Waals surface area (Å²) in [5.41, 5.74) is 1.23. The second-order valence-electron chi connectivity index (χ2n) is 7.87. The molecule has 0 unspecified atom stereocenters. The predicted octanol–water partition coefficient (Wildman–Crippen LogP) is 4.80. The van der Waals surface area contributed by atoms with Crippen molar-refractivity contribution < 1.29 is 9.53 Å². The summed E-state index contributed by atoms with van der Waals surface area (Å²) in [5.74, 6) is 1.79. The Kier molecular flexibility index (Phi) is 7.35. The van der Waals surface area contributed by atoms with Crippen LogP contribution in [0.5, 0.6) is 0 Å². The molecule has 1 saturated heterocycles. The van der Waals surface area contributed by atoms with E-state index in [0.717, 1.165) is 51.3 Å². The van der Waals surface area contributed by atoms with E-state index in [0.29, 0.717) is 18.4 Å². The van der Waals surface area contributed by atoms with Gasteiger partial charge in [0.25, 0.3) is 0 Å². The Labute approximate surface area is 152 Å². The lowest BCUT2D eigenvalue weighted by Gasteiger charge is -2.32. The van der Waals surface area contributed by atoms with Gasteiger partial charge in [-0.1, -0.05) is 62.4 Å². The van der Waals surface area contributed by atoms with Crippen LogP contribution in [0.2, 0.25) is 0 Å². The molecule has 2 aliphatic rings. The van der Waals surface area contributed by atoms with Crippen LogP contribution in [0, 0.1) is 11.8 Å². The molecule has 3 nitrogen and oxygen atoms in total. The summed E-state index contributed by atoms with van der Waals surface area (Å²) in [4.78, 5) is 14.5. The highest BCUT2D eigenvalue weighted by atomic mass is 16.5. The van der Waals surface area contributed by atoms with E-state index in [9.17, 15) is 4.79 Å². The largest absolute Gasteiger partial charge is 0.376 e. The zero-order valence-corrected chi connectivity index (χ0v) is 15.5. The highest BCUT2D eigenvalue weighted by Crippen LogP contribution is 2.28. The molecule has 0 aromatic heterocycles. The van der Waals surface area contributed by atoms with Crippen molar-refractivity contribution >= 4 is 5.91 Å². The maximum absolute atomic E-state index is 12.4. The van der Waals surface area contributed by atoms with E-state index in [1.54, 1.807) is 0 Å². The molecular weight excluding hydrogens is 310 g/mol. The van der Waals surface area contributed by atoms with Gasteiger partial charge in [-0.25, -0.2) is 0 Å². The maximum atomic E-state index is 12.4. The third kappa shape index (κ3) is 6.14. The highest BCUT2D eigenvalue weighted by molar-refractivity contribution is 5.76. The van der Waals surface area contributed by atoms with Crippen LogP contribution in [-0.2, 0) is 16.1 Å². The standard InChI is InChI=1S/C22H33NO2/c24-22(12-11-19-7-3-1-4-8-19)23-15-13-21(14-16-23)18-25-17-20-9-5-2-6-10-20/h2,5-6,9-10,19,21H,1,3-4,7-8,11-18H2. The van der Waals surface area contributed by atoms with Crippen LogP contribution >= 0.6 is 0 Å². The first-order valence-corrected chi connectivity index (χ1v) is 10.2. The number of amides is 1. The third-order valence-electron chi connectivity index (χ3n) is 5.92. The van der Waals surface area contributed by atoms with E-state index in [-0.39, 0.29) is 0 Å².